The minimum atomic E-state index is -0.531. The number of ether oxygens (including phenoxy) is 1. The van der Waals surface area contributed by atoms with Gasteiger partial charge in [0.15, 0.2) is 0 Å². The molecule has 0 saturated carbocycles. The number of amides is 2. The third-order valence-electron chi connectivity index (χ3n) is 3.03. The highest BCUT2D eigenvalue weighted by Crippen LogP contribution is 2.03. The van der Waals surface area contributed by atoms with Crippen LogP contribution in [0, 0.1) is 5.82 Å². The molecule has 1 aromatic rings. The van der Waals surface area contributed by atoms with Crippen LogP contribution in [0.15, 0.2) is 24.3 Å². The van der Waals surface area contributed by atoms with Crippen molar-refractivity contribution in [3.63, 3.8) is 0 Å². The lowest BCUT2D eigenvalue weighted by molar-refractivity contribution is -0.141. The maximum absolute atomic E-state index is 13.0. The number of methoxy groups -OCH3 is 1. The first-order chi connectivity index (χ1) is 10.5. The molecule has 22 heavy (non-hydrogen) atoms. The molecule has 0 aromatic heterocycles. The number of esters is 1. The molecule has 0 aliphatic rings. The number of carbonyl (C=O) groups excluding carboxylic acids is 3. The smallest absolute Gasteiger partial charge is 0.307 e. The number of carbonyl (C=O) groups is 3. The third kappa shape index (κ3) is 5.51. The van der Waals surface area contributed by atoms with Crippen molar-refractivity contribution in [2.75, 3.05) is 26.7 Å². The van der Waals surface area contributed by atoms with Gasteiger partial charge in [-0.05, 0) is 25.1 Å². The second-order valence-electron chi connectivity index (χ2n) is 4.49. The van der Waals surface area contributed by atoms with Gasteiger partial charge in [-0.3, -0.25) is 14.4 Å². The van der Waals surface area contributed by atoms with E-state index in [-0.39, 0.29) is 31.0 Å². The topological polar surface area (TPSA) is 75.7 Å². The third-order valence-corrected chi connectivity index (χ3v) is 3.03. The van der Waals surface area contributed by atoms with Crippen LogP contribution in [0.1, 0.15) is 23.7 Å². The van der Waals surface area contributed by atoms with Gasteiger partial charge in [-0.15, -0.1) is 0 Å². The van der Waals surface area contributed by atoms with Gasteiger partial charge in [-0.1, -0.05) is 6.07 Å². The number of halogens is 1. The normalized spacial score (nSPS) is 9.95. The van der Waals surface area contributed by atoms with Gasteiger partial charge in [0.2, 0.25) is 5.91 Å². The summed E-state index contributed by atoms with van der Waals surface area (Å²) in [6.07, 6.45) is 0.0912. The van der Waals surface area contributed by atoms with Crippen molar-refractivity contribution >= 4 is 17.8 Å². The Labute approximate surface area is 128 Å². The number of hydrogen-bond donors (Lipinski definition) is 1. The molecule has 0 bridgehead atoms. The predicted octanol–water partition coefficient (Wildman–Crippen LogP) is 0.967. The van der Waals surface area contributed by atoms with Gasteiger partial charge in [0.05, 0.1) is 20.1 Å². The number of rotatable bonds is 7. The highest BCUT2D eigenvalue weighted by Gasteiger charge is 2.15. The van der Waals surface area contributed by atoms with E-state index in [1.54, 1.807) is 6.92 Å². The summed E-state index contributed by atoms with van der Waals surface area (Å²) in [5, 5.41) is 2.43. The van der Waals surface area contributed by atoms with Crippen LogP contribution in [0.3, 0.4) is 0 Å². The first kappa shape index (κ1) is 17.6. The second kappa shape index (κ2) is 8.76. The summed E-state index contributed by atoms with van der Waals surface area (Å²) < 4.78 is 17.5. The van der Waals surface area contributed by atoms with Gasteiger partial charge in [-0.25, -0.2) is 4.39 Å². The van der Waals surface area contributed by atoms with E-state index in [4.69, 9.17) is 0 Å². The highest BCUT2D eigenvalue weighted by atomic mass is 19.1. The van der Waals surface area contributed by atoms with E-state index in [2.05, 4.69) is 10.1 Å². The molecular weight excluding hydrogens is 291 g/mol. The number of nitrogens with zero attached hydrogens (tertiary/aromatic N) is 1. The average molecular weight is 310 g/mol. The maximum Gasteiger partial charge on any atom is 0.307 e. The molecule has 2 amide bonds. The largest absolute Gasteiger partial charge is 0.469 e. The highest BCUT2D eigenvalue weighted by molar-refractivity contribution is 5.96. The Kier molecular flexibility index (Phi) is 7.01. The summed E-state index contributed by atoms with van der Waals surface area (Å²) in [7, 11) is 1.28. The van der Waals surface area contributed by atoms with Crippen LogP contribution in [0.4, 0.5) is 4.39 Å². The van der Waals surface area contributed by atoms with Crippen molar-refractivity contribution in [1.29, 1.82) is 0 Å². The molecule has 1 aromatic carbocycles. The molecule has 7 heteroatoms. The zero-order valence-corrected chi connectivity index (χ0v) is 12.6. The lowest BCUT2D eigenvalue weighted by Crippen LogP contribution is -2.41. The summed E-state index contributed by atoms with van der Waals surface area (Å²) in [6, 6.07) is 5.20. The Hall–Kier alpha value is -2.44. The van der Waals surface area contributed by atoms with Crippen LogP contribution in [0.25, 0.3) is 0 Å². The molecule has 0 heterocycles. The van der Waals surface area contributed by atoms with Gasteiger partial charge in [0, 0.05) is 18.7 Å². The van der Waals surface area contributed by atoms with Crippen molar-refractivity contribution in [1.82, 2.24) is 10.2 Å². The first-order valence-electron chi connectivity index (χ1n) is 6.86. The number of likely N-dealkylation sites (N-methyl/N-ethyl adjacent to an activating group) is 1. The summed E-state index contributed by atoms with van der Waals surface area (Å²) in [5.74, 6) is -1.78. The molecular formula is C15H19FN2O4. The Morgan fingerprint density at radius 2 is 2.05 bits per heavy atom. The van der Waals surface area contributed by atoms with Crippen LogP contribution >= 0.6 is 0 Å². The van der Waals surface area contributed by atoms with Crippen molar-refractivity contribution in [2.45, 2.75) is 13.3 Å². The molecule has 0 radical (unpaired) electrons. The summed E-state index contributed by atoms with van der Waals surface area (Å²) in [6.45, 7) is 2.18. The fraction of sp³-hybridized carbons (Fsp3) is 0.400. The Morgan fingerprint density at radius 1 is 1.32 bits per heavy atom. The minimum absolute atomic E-state index is 0.0912. The number of benzene rings is 1. The Morgan fingerprint density at radius 3 is 2.64 bits per heavy atom. The predicted molar refractivity (Wildman–Crippen MR) is 77.6 cm³/mol. The molecule has 0 aliphatic heterocycles. The van der Waals surface area contributed by atoms with Crippen molar-refractivity contribution in [2.24, 2.45) is 0 Å². The standard InChI is InChI=1S/C15H19FN2O4/c1-3-18(8-7-14(20)22-2)13(19)10-17-15(21)11-5-4-6-12(16)9-11/h4-6,9H,3,7-8,10H2,1-2H3,(H,17,21). The van der Waals surface area contributed by atoms with Crippen LogP contribution in [0.5, 0.6) is 0 Å². The lowest BCUT2D eigenvalue weighted by Gasteiger charge is -2.20. The monoisotopic (exact) mass is 310 g/mol. The first-order valence-corrected chi connectivity index (χ1v) is 6.86. The Bertz CT molecular complexity index is 548. The van der Waals surface area contributed by atoms with Gasteiger partial charge < -0.3 is 15.0 Å². The average Bonchev–Trinajstić information content (AvgIpc) is 2.52. The van der Waals surface area contributed by atoms with Crippen LogP contribution < -0.4 is 5.32 Å². The van der Waals surface area contributed by atoms with Crippen molar-refractivity contribution in [3.8, 4) is 0 Å². The zero-order valence-electron chi connectivity index (χ0n) is 12.6. The quantitative estimate of drug-likeness (QED) is 0.761. The van der Waals surface area contributed by atoms with E-state index in [0.717, 1.165) is 6.07 Å². The fourth-order valence-electron chi connectivity index (χ4n) is 1.79. The van der Waals surface area contributed by atoms with Gasteiger partial charge in [-0.2, -0.15) is 0 Å². The van der Waals surface area contributed by atoms with E-state index in [1.807, 2.05) is 0 Å². The summed E-state index contributed by atoms with van der Waals surface area (Å²) in [4.78, 5) is 36.3. The van der Waals surface area contributed by atoms with E-state index in [9.17, 15) is 18.8 Å². The molecule has 1 rings (SSSR count). The summed E-state index contributed by atoms with van der Waals surface area (Å²) in [5.41, 5.74) is 0.144. The molecule has 0 saturated heterocycles. The van der Waals surface area contributed by atoms with E-state index in [0.29, 0.717) is 6.54 Å². The SMILES string of the molecule is CCN(CCC(=O)OC)C(=O)CNC(=O)c1cccc(F)c1. The van der Waals surface area contributed by atoms with Gasteiger partial charge in [0.1, 0.15) is 5.82 Å². The molecule has 0 spiro atoms. The lowest BCUT2D eigenvalue weighted by atomic mass is 10.2. The van der Waals surface area contributed by atoms with Gasteiger partial charge >= 0.3 is 5.97 Å². The molecule has 6 nitrogen and oxygen atoms in total. The maximum atomic E-state index is 13.0. The van der Waals surface area contributed by atoms with E-state index < -0.39 is 17.7 Å². The van der Waals surface area contributed by atoms with Crippen molar-refractivity contribution < 1.29 is 23.5 Å². The number of nitrogens with one attached hydrogen (secondary N) is 1. The molecule has 0 aliphatic carbocycles. The van der Waals surface area contributed by atoms with Crippen LogP contribution in [-0.4, -0.2) is 49.4 Å². The molecule has 0 fully saturated rings. The summed E-state index contributed by atoms with van der Waals surface area (Å²) >= 11 is 0. The fourth-order valence-corrected chi connectivity index (χ4v) is 1.79. The van der Waals surface area contributed by atoms with Gasteiger partial charge in [0.25, 0.3) is 5.91 Å². The Balaban J connectivity index is 2.49. The van der Waals surface area contributed by atoms with E-state index in [1.165, 1.54) is 30.2 Å². The van der Waals surface area contributed by atoms with Crippen LogP contribution in [-0.2, 0) is 14.3 Å². The minimum Gasteiger partial charge on any atom is -0.469 e. The van der Waals surface area contributed by atoms with Crippen LogP contribution in [0.2, 0.25) is 0 Å². The molecule has 0 unspecified atom stereocenters. The molecule has 0 atom stereocenters. The second-order valence-corrected chi connectivity index (χ2v) is 4.49. The zero-order chi connectivity index (χ0) is 16.5. The molecule has 120 valence electrons. The number of hydrogen-bond acceptors (Lipinski definition) is 4. The van der Waals surface area contributed by atoms with Crippen molar-refractivity contribution in [3.05, 3.63) is 35.6 Å². The molecule has 1 N–H and O–H groups in total. The van der Waals surface area contributed by atoms with E-state index >= 15 is 0 Å².